The number of halogens is 2. The van der Waals surface area contributed by atoms with E-state index < -0.39 is 0 Å². The molecule has 0 aliphatic carbocycles. The summed E-state index contributed by atoms with van der Waals surface area (Å²) in [5, 5.41) is 3.92. The number of aromatic nitrogens is 1. The molecule has 4 rings (SSSR count). The molecule has 0 fully saturated rings. The fourth-order valence-corrected chi connectivity index (χ4v) is 4.22. The molecule has 1 atom stereocenters. The minimum atomic E-state index is -0.176. The summed E-state index contributed by atoms with van der Waals surface area (Å²) in [7, 11) is 0. The molecule has 2 aromatic carbocycles. The lowest BCUT2D eigenvalue weighted by Gasteiger charge is -2.31. The molecule has 3 aromatic rings. The smallest absolute Gasteiger partial charge is 0.322 e. The maximum absolute atomic E-state index is 13.3. The molecule has 144 valence electrons. The molecule has 1 aliphatic rings. The van der Waals surface area contributed by atoms with Crippen molar-refractivity contribution in [2.75, 3.05) is 11.9 Å². The predicted molar refractivity (Wildman–Crippen MR) is 114 cm³/mol. The largest absolute Gasteiger partial charge is 0.349 e. The summed E-state index contributed by atoms with van der Waals surface area (Å²) in [6.07, 6.45) is 2.96. The summed E-state index contributed by atoms with van der Waals surface area (Å²) in [6, 6.07) is 17.2. The Morgan fingerprint density at radius 2 is 1.93 bits per heavy atom. The number of aryl methyl sites for hydroxylation is 2. The van der Waals surface area contributed by atoms with Crippen molar-refractivity contribution in [1.29, 1.82) is 0 Å². The van der Waals surface area contributed by atoms with Crippen LogP contribution in [0.5, 0.6) is 0 Å². The van der Waals surface area contributed by atoms with E-state index >= 15 is 0 Å². The SMILES string of the molecule is Cc1cccc([C@H]2c3cccn3CCCN2C(=O)Nc2ccc(Cl)cc2Cl)c1. The lowest BCUT2D eigenvalue weighted by Crippen LogP contribution is -2.38. The second kappa shape index (κ2) is 7.90. The number of anilines is 1. The van der Waals surface area contributed by atoms with Crippen LogP contribution in [0.1, 0.15) is 29.3 Å². The first kappa shape index (κ1) is 18.9. The molecule has 0 saturated carbocycles. The van der Waals surface area contributed by atoms with Gasteiger partial charge in [-0.05, 0) is 49.2 Å². The average molecular weight is 414 g/mol. The second-order valence-corrected chi connectivity index (χ2v) is 7.89. The second-order valence-electron chi connectivity index (χ2n) is 7.04. The number of urea groups is 1. The van der Waals surface area contributed by atoms with Gasteiger partial charge in [0.2, 0.25) is 0 Å². The van der Waals surface area contributed by atoms with Gasteiger partial charge in [0.15, 0.2) is 0 Å². The van der Waals surface area contributed by atoms with E-state index in [1.165, 1.54) is 5.56 Å². The third kappa shape index (κ3) is 3.75. The molecule has 6 heteroatoms. The topological polar surface area (TPSA) is 37.3 Å². The number of rotatable bonds is 2. The van der Waals surface area contributed by atoms with Crippen LogP contribution in [-0.2, 0) is 6.54 Å². The normalized spacial score (nSPS) is 16.4. The Balaban J connectivity index is 1.71. The Morgan fingerprint density at radius 3 is 2.71 bits per heavy atom. The van der Waals surface area contributed by atoms with Crippen molar-refractivity contribution in [2.24, 2.45) is 0 Å². The fourth-order valence-electron chi connectivity index (χ4n) is 3.77. The number of amides is 2. The minimum absolute atomic E-state index is 0.163. The minimum Gasteiger partial charge on any atom is -0.349 e. The molecule has 0 bridgehead atoms. The van der Waals surface area contributed by atoms with Gasteiger partial charge in [0, 0.05) is 30.0 Å². The van der Waals surface area contributed by atoms with Crippen LogP contribution in [0.15, 0.2) is 60.8 Å². The number of hydrogen-bond donors (Lipinski definition) is 1. The average Bonchev–Trinajstić information content (AvgIpc) is 3.03. The molecule has 28 heavy (non-hydrogen) atoms. The van der Waals surface area contributed by atoms with Crippen LogP contribution >= 0.6 is 23.2 Å². The highest BCUT2D eigenvalue weighted by Crippen LogP contribution is 2.33. The molecule has 0 radical (unpaired) electrons. The summed E-state index contributed by atoms with van der Waals surface area (Å²) in [4.78, 5) is 15.2. The summed E-state index contributed by atoms with van der Waals surface area (Å²) >= 11 is 12.2. The molecule has 1 aromatic heterocycles. The summed E-state index contributed by atoms with van der Waals surface area (Å²) < 4.78 is 2.23. The van der Waals surface area contributed by atoms with Gasteiger partial charge >= 0.3 is 6.03 Å². The van der Waals surface area contributed by atoms with E-state index in [1.54, 1.807) is 18.2 Å². The van der Waals surface area contributed by atoms with E-state index in [-0.39, 0.29) is 12.1 Å². The van der Waals surface area contributed by atoms with Crippen molar-refractivity contribution >= 4 is 34.9 Å². The van der Waals surface area contributed by atoms with Gasteiger partial charge < -0.3 is 14.8 Å². The van der Waals surface area contributed by atoms with Gasteiger partial charge in [0.1, 0.15) is 0 Å². The number of fused-ring (bicyclic) bond motifs is 1. The quantitative estimate of drug-likeness (QED) is 0.538. The van der Waals surface area contributed by atoms with Crippen molar-refractivity contribution < 1.29 is 4.79 Å². The van der Waals surface area contributed by atoms with Crippen molar-refractivity contribution in [3.63, 3.8) is 0 Å². The Hall–Kier alpha value is -2.43. The highest BCUT2D eigenvalue weighted by Gasteiger charge is 2.31. The first-order chi connectivity index (χ1) is 13.5. The lowest BCUT2D eigenvalue weighted by molar-refractivity contribution is 0.199. The van der Waals surface area contributed by atoms with Crippen LogP contribution in [0.3, 0.4) is 0 Å². The third-order valence-electron chi connectivity index (χ3n) is 5.05. The van der Waals surface area contributed by atoms with E-state index in [2.05, 4.69) is 47.3 Å². The van der Waals surface area contributed by atoms with Crippen molar-refractivity contribution in [1.82, 2.24) is 9.47 Å². The Bertz CT molecular complexity index is 1010. The van der Waals surface area contributed by atoms with Crippen LogP contribution in [0.4, 0.5) is 10.5 Å². The zero-order valence-electron chi connectivity index (χ0n) is 15.5. The monoisotopic (exact) mass is 413 g/mol. The predicted octanol–water partition coefficient (Wildman–Crippen LogP) is 6.13. The first-order valence-corrected chi connectivity index (χ1v) is 10.0. The highest BCUT2D eigenvalue weighted by atomic mass is 35.5. The van der Waals surface area contributed by atoms with Crippen molar-refractivity contribution in [3.8, 4) is 0 Å². The molecular formula is C22H21Cl2N3O. The number of nitrogens with zero attached hydrogens (tertiary/aromatic N) is 2. The van der Waals surface area contributed by atoms with Crippen molar-refractivity contribution in [3.05, 3.63) is 87.7 Å². The maximum Gasteiger partial charge on any atom is 0.322 e. The standard InChI is InChI=1S/C22H21Cl2N3O/c1-15-5-2-6-16(13-15)21-20-7-3-10-26(20)11-4-12-27(21)22(28)25-19-9-8-17(23)14-18(19)24/h2-3,5-10,13-14,21H,4,11-12H2,1H3,(H,25,28)/t21-/m0/s1. The summed E-state index contributed by atoms with van der Waals surface area (Å²) in [6.45, 7) is 3.60. The number of nitrogens with one attached hydrogen (secondary N) is 1. The Labute approximate surface area is 174 Å². The van der Waals surface area contributed by atoms with Crippen molar-refractivity contribution in [2.45, 2.75) is 25.9 Å². The van der Waals surface area contributed by atoms with Gasteiger partial charge in [0.25, 0.3) is 0 Å². The Morgan fingerprint density at radius 1 is 1.07 bits per heavy atom. The maximum atomic E-state index is 13.3. The van der Waals surface area contributed by atoms with E-state index in [1.807, 2.05) is 17.0 Å². The number of benzene rings is 2. The van der Waals surface area contributed by atoms with Gasteiger partial charge in [-0.1, -0.05) is 53.0 Å². The highest BCUT2D eigenvalue weighted by molar-refractivity contribution is 6.36. The molecular weight excluding hydrogens is 393 g/mol. The lowest BCUT2D eigenvalue weighted by atomic mass is 10.0. The number of carbonyl (C=O) groups is 1. The molecule has 1 aliphatic heterocycles. The Kier molecular flexibility index (Phi) is 5.33. The molecule has 4 nitrogen and oxygen atoms in total. The molecule has 2 heterocycles. The first-order valence-electron chi connectivity index (χ1n) is 9.27. The van der Waals surface area contributed by atoms with Gasteiger partial charge in [-0.25, -0.2) is 4.79 Å². The van der Waals surface area contributed by atoms with E-state index in [0.717, 1.165) is 24.2 Å². The summed E-state index contributed by atoms with van der Waals surface area (Å²) in [5.41, 5.74) is 3.93. The van der Waals surface area contributed by atoms with Crippen LogP contribution < -0.4 is 5.32 Å². The zero-order valence-corrected chi connectivity index (χ0v) is 17.0. The van der Waals surface area contributed by atoms with Gasteiger partial charge in [-0.3, -0.25) is 0 Å². The zero-order chi connectivity index (χ0) is 19.7. The number of hydrogen-bond acceptors (Lipinski definition) is 1. The van der Waals surface area contributed by atoms with E-state index in [4.69, 9.17) is 23.2 Å². The molecule has 0 saturated heterocycles. The molecule has 0 unspecified atom stereocenters. The van der Waals surface area contributed by atoms with Crippen LogP contribution in [0.25, 0.3) is 0 Å². The summed E-state index contributed by atoms with van der Waals surface area (Å²) in [5.74, 6) is 0. The molecule has 1 N–H and O–H groups in total. The van der Waals surface area contributed by atoms with Gasteiger partial charge in [-0.2, -0.15) is 0 Å². The molecule has 0 spiro atoms. The van der Waals surface area contributed by atoms with Gasteiger partial charge in [0.05, 0.1) is 16.8 Å². The van der Waals surface area contributed by atoms with Crippen LogP contribution in [0, 0.1) is 6.92 Å². The van der Waals surface area contributed by atoms with Crippen LogP contribution in [-0.4, -0.2) is 22.0 Å². The number of carbonyl (C=O) groups excluding carboxylic acids is 1. The van der Waals surface area contributed by atoms with E-state index in [9.17, 15) is 4.79 Å². The fraction of sp³-hybridized carbons (Fsp3) is 0.227. The third-order valence-corrected chi connectivity index (χ3v) is 5.59. The van der Waals surface area contributed by atoms with E-state index in [0.29, 0.717) is 22.3 Å². The van der Waals surface area contributed by atoms with Gasteiger partial charge in [-0.15, -0.1) is 0 Å². The van der Waals surface area contributed by atoms with Crippen LogP contribution in [0.2, 0.25) is 10.0 Å². The molecule has 2 amide bonds.